The maximum atomic E-state index is 12.9. The van der Waals surface area contributed by atoms with E-state index < -0.39 is 17.7 Å². The summed E-state index contributed by atoms with van der Waals surface area (Å²) in [4.78, 5) is 29.3. The molecule has 3 rings (SSSR count). The van der Waals surface area contributed by atoms with Gasteiger partial charge in [0.05, 0.1) is 21.7 Å². The van der Waals surface area contributed by atoms with Crippen molar-refractivity contribution in [2.45, 2.75) is 12.5 Å². The molecule has 2 aromatic carbocycles. The van der Waals surface area contributed by atoms with Crippen LogP contribution in [-0.2, 0) is 9.59 Å². The largest absolute Gasteiger partial charge is 0.507 e. The van der Waals surface area contributed by atoms with E-state index in [4.69, 9.17) is 34.8 Å². The third-order valence-electron chi connectivity index (χ3n) is 4.92. The van der Waals surface area contributed by atoms with Crippen LogP contribution in [0, 0.1) is 0 Å². The molecule has 1 aliphatic rings. The fourth-order valence-electron chi connectivity index (χ4n) is 3.46. The number of hydrogen-bond donors (Lipinski definition) is 1. The van der Waals surface area contributed by atoms with Gasteiger partial charge in [0.2, 0.25) is 0 Å². The van der Waals surface area contributed by atoms with Gasteiger partial charge in [-0.3, -0.25) is 9.59 Å². The van der Waals surface area contributed by atoms with Gasteiger partial charge in [-0.25, -0.2) is 0 Å². The van der Waals surface area contributed by atoms with E-state index in [1.54, 1.807) is 42.5 Å². The molecule has 1 fully saturated rings. The lowest BCUT2D eigenvalue weighted by atomic mass is 9.95. The zero-order valence-corrected chi connectivity index (χ0v) is 18.8. The van der Waals surface area contributed by atoms with Crippen LogP contribution in [0.5, 0.6) is 0 Å². The number of Topliss-reactive ketones (excluding diaryl/α,β-unsaturated/α-hetero) is 1. The molecule has 0 unspecified atom stereocenters. The number of likely N-dealkylation sites (tertiary alicyclic amines) is 1. The summed E-state index contributed by atoms with van der Waals surface area (Å²) in [5, 5.41) is 12.1. The predicted molar refractivity (Wildman–Crippen MR) is 120 cm³/mol. The lowest BCUT2D eigenvalue weighted by molar-refractivity contribution is -0.139. The monoisotopic (exact) mass is 466 g/mol. The Morgan fingerprint density at radius 2 is 1.70 bits per heavy atom. The van der Waals surface area contributed by atoms with Crippen LogP contribution in [-0.4, -0.2) is 53.8 Å². The topological polar surface area (TPSA) is 60.9 Å². The minimum atomic E-state index is -0.766. The average molecular weight is 468 g/mol. The number of benzene rings is 2. The van der Waals surface area contributed by atoms with Crippen molar-refractivity contribution in [3.8, 4) is 0 Å². The molecule has 1 amide bonds. The fraction of sp³-hybridized carbons (Fsp3) is 0.273. The molecule has 1 saturated heterocycles. The average Bonchev–Trinajstić information content (AvgIpc) is 2.95. The highest BCUT2D eigenvalue weighted by atomic mass is 35.5. The summed E-state index contributed by atoms with van der Waals surface area (Å²) in [7, 11) is 3.87. The van der Waals surface area contributed by atoms with E-state index in [9.17, 15) is 14.7 Å². The van der Waals surface area contributed by atoms with E-state index in [1.165, 1.54) is 4.90 Å². The van der Waals surface area contributed by atoms with E-state index in [2.05, 4.69) is 0 Å². The molecule has 1 aliphatic heterocycles. The van der Waals surface area contributed by atoms with Gasteiger partial charge in [0.15, 0.2) is 0 Å². The lowest BCUT2D eigenvalue weighted by Gasteiger charge is -2.26. The van der Waals surface area contributed by atoms with Crippen LogP contribution >= 0.6 is 34.8 Å². The van der Waals surface area contributed by atoms with Gasteiger partial charge in [0, 0.05) is 17.1 Å². The van der Waals surface area contributed by atoms with E-state index in [1.807, 2.05) is 19.0 Å². The van der Waals surface area contributed by atoms with Crippen molar-refractivity contribution in [2.24, 2.45) is 0 Å². The molecule has 0 aliphatic carbocycles. The van der Waals surface area contributed by atoms with Gasteiger partial charge >= 0.3 is 0 Å². The third-order valence-corrected chi connectivity index (χ3v) is 5.91. The Kier molecular flexibility index (Phi) is 7.09. The van der Waals surface area contributed by atoms with Crippen LogP contribution in [0.15, 0.2) is 48.0 Å². The minimum absolute atomic E-state index is 0.0190. The number of rotatable bonds is 6. The van der Waals surface area contributed by atoms with Crippen LogP contribution in [0.25, 0.3) is 5.76 Å². The Balaban J connectivity index is 2.11. The predicted octanol–water partition coefficient (Wildman–Crippen LogP) is 5.02. The molecule has 158 valence electrons. The van der Waals surface area contributed by atoms with Crippen molar-refractivity contribution >= 4 is 52.3 Å². The molecule has 0 spiro atoms. The smallest absolute Gasteiger partial charge is 0.295 e. The summed E-state index contributed by atoms with van der Waals surface area (Å²) in [5.74, 6) is -1.64. The number of halogens is 3. The zero-order valence-electron chi connectivity index (χ0n) is 16.5. The minimum Gasteiger partial charge on any atom is -0.507 e. The number of hydrogen-bond acceptors (Lipinski definition) is 4. The van der Waals surface area contributed by atoms with Gasteiger partial charge in [0.25, 0.3) is 11.7 Å². The van der Waals surface area contributed by atoms with Gasteiger partial charge in [-0.15, -0.1) is 0 Å². The van der Waals surface area contributed by atoms with Gasteiger partial charge in [-0.1, -0.05) is 40.9 Å². The lowest BCUT2D eigenvalue weighted by Crippen LogP contribution is -2.32. The van der Waals surface area contributed by atoms with Crippen molar-refractivity contribution < 1.29 is 14.7 Å². The molecule has 0 bridgehead atoms. The molecular formula is C22H21Cl3N2O3. The SMILES string of the molecule is CN(C)CCCN1C(=O)C(=O)/C(=C(/O)c2ccc(Cl)cc2)[C@H]1c1ccc(Cl)c(Cl)c1. The van der Waals surface area contributed by atoms with Crippen LogP contribution in [0.4, 0.5) is 0 Å². The quantitative estimate of drug-likeness (QED) is 0.368. The number of ketones is 1. The molecular weight excluding hydrogens is 447 g/mol. The first-order valence-corrected chi connectivity index (χ1v) is 10.5. The van der Waals surface area contributed by atoms with Gasteiger partial charge in [0.1, 0.15) is 5.76 Å². The number of carbonyl (C=O) groups is 2. The molecule has 8 heteroatoms. The second-order valence-corrected chi connectivity index (χ2v) is 8.58. The maximum Gasteiger partial charge on any atom is 0.295 e. The van der Waals surface area contributed by atoms with E-state index in [0.29, 0.717) is 39.2 Å². The second kappa shape index (κ2) is 9.40. The van der Waals surface area contributed by atoms with Crippen LogP contribution < -0.4 is 0 Å². The first-order chi connectivity index (χ1) is 14.2. The van der Waals surface area contributed by atoms with Gasteiger partial charge < -0.3 is 14.9 Å². The molecule has 1 heterocycles. The van der Waals surface area contributed by atoms with Gasteiger partial charge in [-0.05, 0) is 69.0 Å². The Morgan fingerprint density at radius 3 is 2.30 bits per heavy atom. The van der Waals surface area contributed by atoms with Gasteiger partial charge in [-0.2, -0.15) is 0 Å². The standard InChI is InChI=1S/C22H21Cl3N2O3/c1-26(2)10-3-11-27-19(14-6-9-16(24)17(25)12-14)18(21(29)22(27)30)20(28)13-4-7-15(23)8-5-13/h4-9,12,19,28H,3,10-11H2,1-2H3/b20-18+/t19-/m1/s1. The van der Waals surface area contributed by atoms with E-state index in [0.717, 1.165) is 6.54 Å². The van der Waals surface area contributed by atoms with Crippen molar-refractivity contribution in [3.63, 3.8) is 0 Å². The van der Waals surface area contributed by atoms with Crippen molar-refractivity contribution in [1.82, 2.24) is 9.80 Å². The summed E-state index contributed by atoms with van der Waals surface area (Å²) in [5.41, 5.74) is 1.02. The van der Waals surface area contributed by atoms with Crippen molar-refractivity contribution in [3.05, 3.63) is 74.2 Å². The number of carbonyl (C=O) groups excluding carboxylic acids is 2. The molecule has 0 radical (unpaired) electrons. The number of aliphatic hydroxyl groups excluding tert-OH is 1. The first kappa shape index (κ1) is 22.6. The molecule has 1 N–H and O–H groups in total. The summed E-state index contributed by atoms with van der Waals surface area (Å²) < 4.78 is 0. The Bertz CT molecular complexity index is 1000. The zero-order chi connectivity index (χ0) is 22.0. The molecule has 5 nitrogen and oxygen atoms in total. The molecule has 0 saturated carbocycles. The fourth-order valence-corrected chi connectivity index (χ4v) is 3.89. The summed E-state index contributed by atoms with van der Waals surface area (Å²) in [6, 6.07) is 10.6. The Morgan fingerprint density at radius 1 is 1.03 bits per heavy atom. The summed E-state index contributed by atoms with van der Waals surface area (Å²) in [6.07, 6.45) is 0.666. The Hall–Kier alpha value is -2.05. The molecule has 2 aromatic rings. The second-order valence-electron chi connectivity index (χ2n) is 7.33. The highest BCUT2D eigenvalue weighted by Crippen LogP contribution is 2.41. The maximum absolute atomic E-state index is 12.9. The molecule has 30 heavy (non-hydrogen) atoms. The number of amides is 1. The summed E-state index contributed by atoms with van der Waals surface area (Å²) in [6.45, 7) is 1.10. The van der Waals surface area contributed by atoms with Crippen LogP contribution in [0.2, 0.25) is 15.1 Å². The number of aliphatic hydroxyl groups is 1. The van der Waals surface area contributed by atoms with E-state index in [-0.39, 0.29) is 11.3 Å². The van der Waals surface area contributed by atoms with Crippen LogP contribution in [0.1, 0.15) is 23.6 Å². The normalized spacial score (nSPS) is 18.5. The van der Waals surface area contributed by atoms with Crippen molar-refractivity contribution in [2.75, 3.05) is 27.2 Å². The molecule has 1 atom stereocenters. The van der Waals surface area contributed by atoms with E-state index >= 15 is 0 Å². The summed E-state index contributed by atoms with van der Waals surface area (Å²) >= 11 is 18.2. The number of nitrogens with zero attached hydrogens (tertiary/aromatic N) is 2. The molecule has 0 aromatic heterocycles. The Labute approximate surface area is 190 Å². The highest BCUT2D eigenvalue weighted by Gasteiger charge is 2.45. The van der Waals surface area contributed by atoms with Crippen LogP contribution in [0.3, 0.4) is 0 Å². The van der Waals surface area contributed by atoms with Crippen molar-refractivity contribution in [1.29, 1.82) is 0 Å². The first-order valence-electron chi connectivity index (χ1n) is 9.34. The highest BCUT2D eigenvalue weighted by molar-refractivity contribution is 6.47. The third kappa shape index (κ3) is 4.65.